The van der Waals surface area contributed by atoms with E-state index < -0.39 is 8.07 Å². The maximum Gasteiger partial charge on any atom is 0.0775 e. The highest BCUT2D eigenvalue weighted by Gasteiger charge is 2.15. The van der Waals surface area contributed by atoms with Crippen molar-refractivity contribution in [3.63, 3.8) is 0 Å². The second-order valence-electron chi connectivity index (χ2n) is 6.48. The van der Waals surface area contributed by atoms with Crippen LogP contribution in [0.25, 0.3) is 0 Å². The van der Waals surface area contributed by atoms with Crippen LogP contribution in [-0.4, -0.2) is 8.07 Å². The van der Waals surface area contributed by atoms with Crippen LogP contribution in [0, 0.1) is 6.92 Å². The number of hydrogen-bond donors (Lipinski definition) is 1. The molecule has 1 nitrogen and oxygen atoms in total. The molecule has 0 unspecified atom stereocenters. The van der Waals surface area contributed by atoms with Crippen LogP contribution in [0.2, 0.25) is 19.6 Å². The van der Waals surface area contributed by atoms with Gasteiger partial charge in [-0.2, -0.15) is 0 Å². The van der Waals surface area contributed by atoms with Gasteiger partial charge >= 0.3 is 0 Å². The monoisotopic (exact) mass is 283 g/mol. The SMILES string of the molecule is Cc1ccccc1CNCc1ccc([Si](C)(C)C)cc1. The molecule has 0 amide bonds. The molecule has 2 heteroatoms. The fourth-order valence-electron chi connectivity index (χ4n) is 2.27. The maximum atomic E-state index is 3.53. The predicted molar refractivity (Wildman–Crippen MR) is 91.1 cm³/mol. The molecule has 0 radical (unpaired) electrons. The van der Waals surface area contributed by atoms with E-state index in [2.05, 4.69) is 80.4 Å². The molecule has 1 N–H and O–H groups in total. The van der Waals surface area contributed by atoms with Crippen molar-refractivity contribution in [3.05, 3.63) is 65.2 Å². The summed E-state index contributed by atoms with van der Waals surface area (Å²) < 4.78 is 0. The molecule has 2 aromatic rings. The fourth-order valence-corrected chi connectivity index (χ4v) is 3.44. The highest BCUT2D eigenvalue weighted by atomic mass is 28.3. The molecule has 2 aromatic carbocycles. The van der Waals surface area contributed by atoms with Gasteiger partial charge in [-0.1, -0.05) is 73.4 Å². The van der Waals surface area contributed by atoms with Crippen LogP contribution in [0.1, 0.15) is 16.7 Å². The van der Waals surface area contributed by atoms with Gasteiger partial charge in [0.1, 0.15) is 0 Å². The molecule has 0 atom stereocenters. The van der Waals surface area contributed by atoms with Gasteiger partial charge < -0.3 is 5.32 Å². The molecule has 0 bridgehead atoms. The van der Waals surface area contributed by atoms with Gasteiger partial charge in [0.05, 0.1) is 8.07 Å². The topological polar surface area (TPSA) is 12.0 Å². The molecule has 0 aromatic heterocycles. The summed E-state index contributed by atoms with van der Waals surface area (Å²) in [6.07, 6.45) is 0. The van der Waals surface area contributed by atoms with E-state index in [1.165, 1.54) is 21.9 Å². The van der Waals surface area contributed by atoms with Gasteiger partial charge in [0.25, 0.3) is 0 Å². The van der Waals surface area contributed by atoms with E-state index in [0.29, 0.717) is 0 Å². The largest absolute Gasteiger partial charge is 0.309 e. The van der Waals surface area contributed by atoms with Crippen molar-refractivity contribution < 1.29 is 0 Å². The molecule has 0 saturated heterocycles. The molecule has 106 valence electrons. The quantitative estimate of drug-likeness (QED) is 0.822. The summed E-state index contributed by atoms with van der Waals surface area (Å²) in [4.78, 5) is 0. The van der Waals surface area contributed by atoms with Gasteiger partial charge in [0, 0.05) is 13.1 Å². The highest BCUT2D eigenvalue weighted by molar-refractivity contribution is 6.88. The van der Waals surface area contributed by atoms with Gasteiger partial charge in [-0.3, -0.25) is 0 Å². The minimum atomic E-state index is -1.17. The third-order valence-corrected chi connectivity index (χ3v) is 5.79. The molecule has 20 heavy (non-hydrogen) atoms. The second-order valence-corrected chi connectivity index (χ2v) is 11.6. The molecular formula is C18H25NSi. The van der Waals surface area contributed by atoms with E-state index in [1.807, 2.05) is 0 Å². The smallest absolute Gasteiger partial charge is 0.0775 e. The zero-order valence-corrected chi connectivity index (χ0v) is 14.0. The van der Waals surface area contributed by atoms with E-state index in [9.17, 15) is 0 Å². The molecule has 0 spiro atoms. The van der Waals surface area contributed by atoms with Crippen LogP contribution in [-0.2, 0) is 13.1 Å². The summed E-state index contributed by atoms with van der Waals surface area (Å²) in [5.41, 5.74) is 4.10. The number of rotatable bonds is 5. The zero-order valence-electron chi connectivity index (χ0n) is 13.0. The van der Waals surface area contributed by atoms with E-state index in [0.717, 1.165) is 13.1 Å². The summed E-state index contributed by atoms with van der Waals surface area (Å²) in [7, 11) is -1.17. The lowest BCUT2D eigenvalue weighted by atomic mass is 10.1. The summed E-state index contributed by atoms with van der Waals surface area (Å²) in [5, 5.41) is 5.06. The maximum absolute atomic E-state index is 3.53. The van der Waals surface area contributed by atoms with Crippen molar-refractivity contribution in [2.75, 3.05) is 0 Å². The van der Waals surface area contributed by atoms with Gasteiger partial charge in [0.15, 0.2) is 0 Å². The lowest BCUT2D eigenvalue weighted by Gasteiger charge is -2.17. The van der Waals surface area contributed by atoms with Crippen LogP contribution in [0.15, 0.2) is 48.5 Å². The summed E-state index contributed by atoms with van der Waals surface area (Å²) in [6.45, 7) is 11.2. The Morgan fingerprint density at radius 3 is 2.10 bits per heavy atom. The summed E-state index contributed by atoms with van der Waals surface area (Å²) in [6, 6.07) is 17.7. The summed E-state index contributed by atoms with van der Waals surface area (Å²) >= 11 is 0. The Hall–Kier alpha value is -1.38. The second kappa shape index (κ2) is 6.38. The molecule has 0 aliphatic carbocycles. The Balaban J connectivity index is 1.90. The van der Waals surface area contributed by atoms with Crippen LogP contribution in [0.5, 0.6) is 0 Å². The first-order valence-electron chi connectivity index (χ1n) is 7.31. The lowest BCUT2D eigenvalue weighted by molar-refractivity contribution is 0.691. The Morgan fingerprint density at radius 1 is 0.850 bits per heavy atom. The van der Waals surface area contributed by atoms with Gasteiger partial charge in [-0.25, -0.2) is 0 Å². The van der Waals surface area contributed by atoms with Crippen LogP contribution < -0.4 is 10.5 Å². The first-order valence-corrected chi connectivity index (χ1v) is 10.8. The van der Waals surface area contributed by atoms with E-state index >= 15 is 0 Å². The van der Waals surface area contributed by atoms with E-state index in [4.69, 9.17) is 0 Å². The number of benzene rings is 2. The Morgan fingerprint density at radius 2 is 1.50 bits per heavy atom. The van der Waals surface area contributed by atoms with Crippen molar-refractivity contribution in [2.24, 2.45) is 0 Å². The number of nitrogens with one attached hydrogen (secondary N) is 1. The van der Waals surface area contributed by atoms with E-state index in [-0.39, 0.29) is 0 Å². The van der Waals surface area contributed by atoms with Crippen LogP contribution in [0.4, 0.5) is 0 Å². The average molecular weight is 283 g/mol. The average Bonchev–Trinajstić information content (AvgIpc) is 2.40. The third-order valence-electron chi connectivity index (χ3n) is 3.73. The van der Waals surface area contributed by atoms with Gasteiger partial charge in [-0.05, 0) is 23.6 Å². The standard InChI is InChI=1S/C18H25NSi/c1-15-7-5-6-8-17(15)14-19-13-16-9-11-18(12-10-16)20(2,3)4/h5-12,19H,13-14H2,1-4H3. The normalized spacial score (nSPS) is 11.6. The minimum absolute atomic E-state index is 0.931. The first kappa shape index (κ1) is 15.0. The van der Waals surface area contributed by atoms with Crippen molar-refractivity contribution in [3.8, 4) is 0 Å². The lowest BCUT2D eigenvalue weighted by Crippen LogP contribution is -2.37. The molecular weight excluding hydrogens is 258 g/mol. The third kappa shape index (κ3) is 4.05. The Kier molecular flexibility index (Phi) is 4.79. The van der Waals surface area contributed by atoms with Gasteiger partial charge in [0.2, 0.25) is 0 Å². The fraction of sp³-hybridized carbons (Fsp3) is 0.333. The highest BCUT2D eigenvalue weighted by Crippen LogP contribution is 2.08. The molecule has 0 saturated carbocycles. The first-order chi connectivity index (χ1) is 9.47. The predicted octanol–water partition coefficient (Wildman–Crippen LogP) is 3.83. The molecule has 0 aliphatic rings. The van der Waals surface area contributed by atoms with Gasteiger partial charge in [-0.15, -0.1) is 0 Å². The van der Waals surface area contributed by atoms with Crippen LogP contribution >= 0.6 is 0 Å². The number of aryl methyl sites for hydroxylation is 1. The van der Waals surface area contributed by atoms with Crippen molar-refractivity contribution in [2.45, 2.75) is 39.7 Å². The molecule has 2 rings (SSSR count). The van der Waals surface area contributed by atoms with Crippen molar-refractivity contribution in [1.29, 1.82) is 0 Å². The van der Waals surface area contributed by atoms with Crippen molar-refractivity contribution in [1.82, 2.24) is 5.32 Å². The summed E-state index contributed by atoms with van der Waals surface area (Å²) in [5.74, 6) is 0. The minimum Gasteiger partial charge on any atom is -0.309 e. The molecule has 0 heterocycles. The molecule has 0 aliphatic heterocycles. The Bertz CT molecular complexity index is 552. The molecule has 0 fully saturated rings. The number of hydrogen-bond acceptors (Lipinski definition) is 1. The van der Waals surface area contributed by atoms with Crippen LogP contribution in [0.3, 0.4) is 0 Å². The zero-order chi connectivity index (χ0) is 14.6. The van der Waals surface area contributed by atoms with Crippen molar-refractivity contribution >= 4 is 13.3 Å². The van der Waals surface area contributed by atoms with E-state index in [1.54, 1.807) is 0 Å². The Labute approximate surface area is 124 Å².